The van der Waals surface area contributed by atoms with Crippen molar-refractivity contribution in [1.82, 2.24) is 0 Å². The number of benzene rings is 2. The Labute approximate surface area is 149 Å². The van der Waals surface area contributed by atoms with Crippen molar-refractivity contribution in [3.05, 3.63) is 59.5 Å². The van der Waals surface area contributed by atoms with Gasteiger partial charge in [-0.15, -0.1) is 11.3 Å². The Hall–Kier alpha value is -2.86. The van der Waals surface area contributed by atoms with Crippen molar-refractivity contribution in [1.29, 1.82) is 0 Å². The molecule has 3 aromatic rings. The highest BCUT2D eigenvalue weighted by Crippen LogP contribution is 2.24. The Kier molecular flexibility index (Phi) is 5.30. The van der Waals surface area contributed by atoms with Gasteiger partial charge in [0.2, 0.25) is 0 Å². The van der Waals surface area contributed by atoms with Gasteiger partial charge in [-0.2, -0.15) is 0 Å². The van der Waals surface area contributed by atoms with Crippen LogP contribution in [0, 0.1) is 0 Å². The van der Waals surface area contributed by atoms with Crippen LogP contribution in [0.3, 0.4) is 0 Å². The van der Waals surface area contributed by atoms with Gasteiger partial charge in [-0.25, -0.2) is 4.79 Å². The molecule has 1 aromatic heterocycles. The van der Waals surface area contributed by atoms with Gasteiger partial charge in [0, 0.05) is 0 Å². The maximum absolute atomic E-state index is 12.1. The van der Waals surface area contributed by atoms with E-state index >= 15 is 0 Å². The van der Waals surface area contributed by atoms with E-state index in [1.807, 2.05) is 42.5 Å². The highest BCUT2D eigenvalue weighted by atomic mass is 32.1. The van der Waals surface area contributed by atoms with E-state index in [9.17, 15) is 9.59 Å². The lowest BCUT2D eigenvalue weighted by Crippen LogP contribution is -2.21. The molecule has 1 heterocycles. The van der Waals surface area contributed by atoms with Gasteiger partial charge in [0.05, 0.1) is 12.2 Å². The molecule has 1 amide bonds. The summed E-state index contributed by atoms with van der Waals surface area (Å²) >= 11 is 1.27. The molecule has 128 valence electrons. The van der Waals surface area contributed by atoms with Crippen molar-refractivity contribution in [2.45, 2.75) is 6.92 Å². The predicted octanol–water partition coefficient (Wildman–Crippen LogP) is 4.10. The lowest BCUT2D eigenvalue weighted by molar-refractivity contribution is -0.118. The fraction of sp³-hybridized carbons (Fsp3) is 0.158. The van der Waals surface area contributed by atoms with Crippen LogP contribution < -0.4 is 10.1 Å². The Morgan fingerprint density at radius 3 is 2.68 bits per heavy atom. The molecule has 0 saturated carbocycles. The number of rotatable bonds is 6. The molecule has 0 aliphatic rings. The van der Waals surface area contributed by atoms with Gasteiger partial charge in [0.25, 0.3) is 5.91 Å². The van der Waals surface area contributed by atoms with Gasteiger partial charge in [-0.05, 0) is 41.3 Å². The fourth-order valence-corrected chi connectivity index (χ4v) is 3.14. The van der Waals surface area contributed by atoms with Crippen LogP contribution in [0.2, 0.25) is 0 Å². The topological polar surface area (TPSA) is 64.6 Å². The van der Waals surface area contributed by atoms with E-state index in [4.69, 9.17) is 9.47 Å². The van der Waals surface area contributed by atoms with Crippen LogP contribution in [0.4, 0.5) is 5.00 Å². The molecule has 0 spiro atoms. The van der Waals surface area contributed by atoms with Crippen LogP contribution >= 0.6 is 11.3 Å². The van der Waals surface area contributed by atoms with E-state index in [0.717, 1.165) is 10.8 Å². The highest BCUT2D eigenvalue weighted by Gasteiger charge is 2.16. The van der Waals surface area contributed by atoms with Gasteiger partial charge >= 0.3 is 5.97 Å². The number of carbonyl (C=O) groups excluding carboxylic acids is 2. The van der Waals surface area contributed by atoms with Crippen LogP contribution in [0.1, 0.15) is 17.3 Å². The smallest absolute Gasteiger partial charge is 0.341 e. The zero-order valence-corrected chi connectivity index (χ0v) is 14.5. The second kappa shape index (κ2) is 7.81. The van der Waals surface area contributed by atoms with Gasteiger partial charge < -0.3 is 14.8 Å². The Morgan fingerprint density at radius 1 is 1.08 bits per heavy atom. The fourth-order valence-electron chi connectivity index (χ4n) is 2.34. The summed E-state index contributed by atoms with van der Waals surface area (Å²) in [5, 5.41) is 7.04. The molecule has 0 aliphatic heterocycles. The average molecular weight is 355 g/mol. The summed E-state index contributed by atoms with van der Waals surface area (Å²) < 4.78 is 10.5. The summed E-state index contributed by atoms with van der Waals surface area (Å²) in [6.07, 6.45) is 0. The zero-order chi connectivity index (χ0) is 17.6. The first-order chi connectivity index (χ1) is 12.2. The molecule has 25 heavy (non-hydrogen) atoms. The molecule has 0 unspecified atom stereocenters. The number of thiophene rings is 1. The number of carbonyl (C=O) groups is 2. The minimum absolute atomic E-state index is 0.140. The Morgan fingerprint density at radius 2 is 1.88 bits per heavy atom. The van der Waals surface area contributed by atoms with E-state index in [1.165, 1.54) is 11.3 Å². The van der Waals surface area contributed by atoms with Crippen LogP contribution in [-0.2, 0) is 9.53 Å². The summed E-state index contributed by atoms with van der Waals surface area (Å²) in [5.41, 5.74) is 0.353. The number of hydrogen-bond acceptors (Lipinski definition) is 5. The van der Waals surface area contributed by atoms with E-state index in [1.54, 1.807) is 18.4 Å². The molecule has 0 saturated heterocycles. The normalized spacial score (nSPS) is 10.4. The lowest BCUT2D eigenvalue weighted by atomic mass is 10.1. The lowest BCUT2D eigenvalue weighted by Gasteiger charge is -2.08. The number of anilines is 1. The third-order valence-electron chi connectivity index (χ3n) is 3.50. The number of fused-ring (bicyclic) bond motifs is 1. The molecule has 0 radical (unpaired) electrons. The molecular weight excluding hydrogens is 338 g/mol. The monoisotopic (exact) mass is 355 g/mol. The predicted molar refractivity (Wildman–Crippen MR) is 98.3 cm³/mol. The number of esters is 1. The number of hydrogen-bond donors (Lipinski definition) is 1. The third kappa shape index (κ3) is 4.16. The molecule has 0 bridgehead atoms. The number of amides is 1. The van der Waals surface area contributed by atoms with Crippen LogP contribution in [0.25, 0.3) is 10.8 Å². The molecule has 6 heteroatoms. The van der Waals surface area contributed by atoms with E-state index in [0.29, 0.717) is 16.3 Å². The quantitative estimate of drug-likeness (QED) is 0.676. The highest BCUT2D eigenvalue weighted by molar-refractivity contribution is 7.14. The Balaban J connectivity index is 1.61. The first-order valence-corrected chi connectivity index (χ1v) is 8.71. The maximum Gasteiger partial charge on any atom is 0.341 e. The zero-order valence-electron chi connectivity index (χ0n) is 13.7. The summed E-state index contributed by atoms with van der Waals surface area (Å²) in [6, 6.07) is 15.2. The van der Waals surface area contributed by atoms with Gasteiger partial charge in [0.15, 0.2) is 6.61 Å². The molecule has 3 rings (SSSR count). The van der Waals surface area contributed by atoms with Crippen molar-refractivity contribution in [3.8, 4) is 5.75 Å². The standard InChI is InChI=1S/C19H17NO4S/c1-2-23-19(22)16-9-10-25-18(16)20-17(21)12-24-15-8-7-13-5-3-4-6-14(13)11-15/h3-11H,2,12H2,1H3,(H,20,21). The number of ether oxygens (including phenoxy) is 2. The van der Waals surface area contributed by atoms with E-state index < -0.39 is 5.97 Å². The van der Waals surface area contributed by atoms with Gasteiger partial charge in [-0.3, -0.25) is 4.79 Å². The van der Waals surface area contributed by atoms with Gasteiger partial charge in [0.1, 0.15) is 10.8 Å². The van der Waals surface area contributed by atoms with Crippen LogP contribution in [0.5, 0.6) is 5.75 Å². The van der Waals surface area contributed by atoms with Crippen molar-refractivity contribution in [2.24, 2.45) is 0 Å². The SMILES string of the molecule is CCOC(=O)c1ccsc1NC(=O)COc1ccc2ccccc2c1. The molecule has 5 nitrogen and oxygen atoms in total. The van der Waals surface area contributed by atoms with E-state index in [2.05, 4.69) is 5.32 Å². The minimum atomic E-state index is -0.450. The minimum Gasteiger partial charge on any atom is -0.484 e. The third-order valence-corrected chi connectivity index (χ3v) is 4.33. The van der Waals surface area contributed by atoms with E-state index in [-0.39, 0.29) is 19.1 Å². The van der Waals surface area contributed by atoms with Crippen molar-refractivity contribution in [3.63, 3.8) is 0 Å². The molecule has 0 aliphatic carbocycles. The number of nitrogens with one attached hydrogen (secondary N) is 1. The summed E-state index contributed by atoms with van der Waals surface area (Å²) in [4.78, 5) is 23.9. The molecule has 0 fully saturated rings. The maximum atomic E-state index is 12.1. The molecule has 0 atom stereocenters. The van der Waals surface area contributed by atoms with Crippen molar-refractivity contribution < 1.29 is 19.1 Å². The van der Waals surface area contributed by atoms with Crippen LogP contribution in [0.15, 0.2) is 53.9 Å². The Bertz CT molecular complexity index is 903. The van der Waals surface area contributed by atoms with Crippen LogP contribution in [-0.4, -0.2) is 25.1 Å². The van der Waals surface area contributed by atoms with Crippen molar-refractivity contribution in [2.75, 3.05) is 18.5 Å². The van der Waals surface area contributed by atoms with Crippen molar-refractivity contribution >= 4 is 39.0 Å². The summed E-state index contributed by atoms with van der Waals surface area (Å²) in [7, 11) is 0. The largest absolute Gasteiger partial charge is 0.484 e. The average Bonchev–Trinajstić information content (AvgIpc) is 3.08. The first-order valence-electron chi connectivity index (χ1n) is 7.83. The summed E-state index contributed by atoms with van der Waals surface area (Å²) in [5.74, 6) is -0.165. The summed E-state index contributed by atoms with van der Waals surface area (Å²) in [6.45, 7) is 1.88. The second-order valence-electron chi connectivity index (χ2n) is 5.23. The molecular formula is C19H17NO4S. The molecule has 2 aromatic carbocycles. The first kappa shape index (κ1) is 17.0. The molecule has 1 N–H and O–H groups in total. The van der Waals surface area contributed by atoms with Gasteiger partial charge in [-0.1, -0.05) is 30.3 Å². The second-order valence-corrected chi connectivity index (χ2v) is 6.15.